The molecule has 1 heterocycles. The molecule has 10 heteroatoms. The molecular weight excluding hydrogens is 456 g/mol. The molecule has 0 radical (unpaired) electrons. The van der Waals surface area contributed by atoms with Gasteiger partial charge in [-0.15, -0.1) is 0 Å². The first-order valence-corrected chi connectivity index (χ1v) is 12.8. The highest BCUT2D eigenvalue weighted by Crippen LogP contribution is 2.33. The van der Waals surface area contributed by atoms with Gasteiger partial charge in [0.15, 0.2) is 5.16 Å². The van der Waals surface area contributed by atoms with Gasteiger partial charge in [-0.1, -0.05) is 43.8 Å². The molecule has 2 aromatic carbocycles. The van der Waals surface area contributed by atoms with E-state index in [4.69, 9.17) is 0 Å². The fourth-order valence-corrected chi connectivity index (χ4v) is 6.12. The molecule has 0 aliphatic heterocycles. The third kappa shape index (κ3) is 5.07. The molecule has 3 rings (SSSR count). The van der Waals surface area contributed by atoms with Crippen molar-refractivity contribution in [1.29, 1.82) is 0 Å². The molecule has 0 saturated heterocycles. The van der Waals surface area contributed by atoms with Crippen molar-refractivity contribution in [3.05, 3.63) is 48.0 Å². The van der Waals surface area contributed by atoms with Gasteiger partial charge in [-0.3, -0.25) is 0 Å². The van der Waals surface area contributed by atoms with Crippen LogP contribution in [0.3, 0.4) is 0 Å². The molecule has 6 nitrogen and oxygen atoms in total. The zero-order chi connectivity index (χ0) is 23.5. The van der Waals surface area contributed by atoms with Gasteiger partial charge in [0.25, 0.3) is 0 Å². The largest absolute Gasteiger partial charge is 0.435 e. The smallest absolute Gasteiger partial charge is 0.387 e. The minimum Gasteiger partial charge on any atom is -0.435 e. The lowest BCUT2D eigenvalue weighted by molar-refractivity contribution is -0.0503. The second kappa shape index (κ2) is 10.2. The summed E-state index contributed by atoms with van der Waals surface area (Å²) in [5.41, 5.74) is 2.02. The lowest BCUT2D eigenvalue weighted by atomic mass is 10.2. The molecule has 0 aliphatic rings. The van der Waals surface area contributed by atoms with Crippen LogP contribution in [0.5, 0.6) is 5.75 Å². The topological polar surface area (TPSA) is 64.4 Å². The van der Waals surface area contributed by atoms with Crippen LogP contribution >= 0.6 is 11.8 Å². The van der Waals surface area contributed by atoms with Crippen LogP contribution in [0.1, 0.15) is 39.3 Å². The van der Waals surface area contributed by atoms with Gasteiger partial charge in [0.05, 0.1) is 15.9 Å². The summed E-state index contributed by atoms with van der Waals surface area (Å²) in [5.74, 6) is 0.513. The quantitative estimate of drug-likeness (QED) is 0.354. The van der Waals surface area contributed by atoms with E-state index in [1.54, 1.807) is 50.2 Å². The number of ether oxygens (including phenoxy) is 1. The summed E-state index contributed by atoms with van der Waals surface area (Å²) in [6.45, 7) is 5.51. The lowest BCUT2D eigenvalue weighted by Gasteiger charge is -2.18. The first kappa shape index (κ1) is 24.5. The second-order valence-corrected chi connectivity index (χ2v) is 10.3. The van der Waals surface area contributed by atoms with Crippen LogP contribution in [-0.2, 0) is 15.8 Å². The molecule has 3 aromatic rings. The first-order chi connectivity index (χ1) is 15.2. The molecule has 174 valence electrons. The first-order valence-electron chi connectivity index (χ1n) is 10.4. The van der Waals surface area contributed by atoms with E-state index < -0.39 is 16.6 Å². The number of benzene rings is 2. The van der Waals surface area contributed by atoms with Gasteiger partial charge in [-0.05, 0) is 38.1 Å². The van der Waals surface area contributed by atoms with E-state index in [1.165, 1.54) is 22.1 Å². The average molecular weight is 484 g/mol. The number of sulfonamides is 1. The number of para-hydroxylation sites is 1. The van der Waals surface area contributed by atoms with Crippen molar-refractivity contribution in [2.75, 3.05) is 13.1 Å². The number of thioether (sulfide) groups is 1. The van der Waals surface area contributed by atoms with Gasteiger partial charge in [0, 0.05) is 30.4 Å². The normalized spacial score (nSPS) is 12.4. The molecule has 0 aliphatic carbocycles. The molecule has 0 atom stereocenters. The number of aromatic nitrogens is 2. The predicted molar refractivity (Wildman–Crippen MR) is 123 cm³/mol. The molecule has 0 saturated carbocycles. The van der Waals surface area contributed by atoms with Gasteiger partial charge in [0.1, 0.15) is 5.75 Å². The molecule has 0 bridgehead atoms. The summed E-state index contributed by atoms with van der Waals surface area (Å²) in [5, 5.41) is 0.680. The Labute approximate surface area is 191 Å². The zero-order valence-electron chi connectivity index (χ0n) is 18.5. The number of imidazole rings is 1. The Bertz CT molecular complexity index is 1180. The number of rotatable bonds is 10. The molecule has 1 aromatic heterocycles. The molecule has 0 spiro atoms. The van der Waals surface area contributed by atoms with E-state index in [-0.39, 0.29) is 16.7 Å². The maximum atomic E-state index is 12.9. The Balaban J connectivity index is 1.97. The summed E-state index contributed by atoms with van der Waals surface area (Å²) >= 11 is 1.39. The molecular formula is C22H27F2N3O3S2. The Morgan fingerprint density at radius 2 is 1.81 bits per heavy atom. The van der Waals surface area contributed by atoms with Crippen molar-refractivity contribution in [2.45, 2.75) is 56.2 Å². The van der Waals surface area contributed by atoms with Crippen LogP contribution in [0, 0.1) is 0 Å². The number of hydrogen-bond acceptors (Lipinski definition) is 5. The van der Waals surface area contributed by atoms with Crippen LogP contribution in [0.15, 0.2) is 52.5 Å². The van der Waals surface area contributed by atoms with E-state index >= 15 is 0 Å². The molecule has 0 N–H and O–H groups in total. The van der Waals surface area contributed by atoms with Gasteiger partial charge < -0.3 is 9.30 Å². The van der Waals surface area contributed by atoms with Crippen LogP contribution < -0.4 is 4.74 Å². The Kier molecular flexibility index (Phi) is 7.79. The Morgan fingerprint density at radius 1 is 1.12 bits per heavy atom. The maximum Gasteiger partial charge on any atom is 0.387 e. The number of alkyl halides is 2. The van der Waals surface area contributed by atoms with Gasteiger partial charge >= 0.3 is 6.61 Å². The summed E-state index contributed by atoms with van der Waals surface area (Å²) in [6, 6.07) is 11.7. The van der Waals surface area contributed by atoms with E-state index in [2.05, 4.69) is 9.72 Å². The lowest BCUT2D eigenvalue weighted by Crippen LogP contribution is -2.30. The van der Waals surface area contributed by atoms with Gasteiger partial charge in [-0.2, -0.15) is 13.1 Å². The molecule has 32 heavy (non-hydrogen) atoms. The van der Waals surface area contributed by atoms with Crippen molar-refractivity contribution in [3.8, 4) is 5.75 Å². The zero-order valence-corrected chi connectivity index (χ0v) is 20.1. The highest BCUT2D eigenvalue weighted by Gasteiger charge is 2.23. The second-order valence-electron chi connectivity index (χ2n) is 7.37. The fourth-order valence-electron chi connectivity index (χ4n) is 3.51. The van der Waals surface area contributed by atoms with Crippen LogP contribution in [-0.4, -0.2) is 42.0 Å². The highest BCUT2D eigenvalue weighted by atomic mass is 32.2. The number of nitrogens with zero attached hydrogens (tertiary/aromatic N) is 3. The van der Waals surface area contributed by atoms with E-state index in [9.17, 15) is 17.2 Å². The van der Waals surface area contributed by atoms with Crippen LogP contribution in [0.4, 0.5) is 8.78 Å². The Hall–Kier alpha value is -2.17. The Morgan fingerprint density at radius 3 is 2.44 bits per heavy atom. The van der Waals surface area contributed by atoms with Crippen LogP contribution in [0.2, 0.25) is 0 Å². The molecule has 0 unspecified atom stereocenters. The summed E-state index contributed by atoms with van der Waals surface area (Å²) < 4.78 is 59.3. The van der Waals surface area contributed by atoms with E-state index in [1.807, 2.05) is 18.4 Å². The minimum atomic E-state index is -3.60. The minimum absolute atomic E-state index is 0.0697. The molecule has 0 fully saturated rings. The van der Waals surface area contributed by atoms with Crippen molar-refractivity contribution >= 4 is 32.8 Å². The van der Waals surface area contributed by atoms with Crippen molar-refractivity contribution < 1.29 is 21.9 Å². The SMILES string of the molecule is CCN(CC)S(=O)(=O)c1ccc2c(c1)nc(SCc1ccccc1OC(F)F)n2C(C)C. The van der Waals surface area contributed by atoms with Crippen molar-refractivity contribution in [1.82, 2.24) is 13.9 Å². The van der Waals surface area contributed by atoms with Gasteiger partial charge in [0.2, 0.25) is 10.0 Å². The summed E-state index contributed by atoms with van der Waals surface area (Å²) in [4.78, 5) is 4.88. The van der Waals surface area contributed by atoms with Crippen molar-refractivity contribution in [2.24, 2.45) is 0 Å². The number of halogens is 2. The molecule has 0 amide bonds. The van der Waals surface area contributed by atoms with E-state index in [0.717, 1.165) is 5.52 Å². The third-order valence-electron chi connectivity index (χ3n) is 5.03. The van der Waals surface area contributed by atoms with Crippen LogP contribution in [0.25, 0.3) is 11.0 Å². The number of fused-ring (bicyclic) bond motifs is 1. The highest BCUT2D eigenvalue weighted by molar-refractivity contribution is 7.98. The van der Waals surface area contributed by atoms with Crippen molar-refractivity contribution in [3.63, 3.8) is 0 Å². The average Bonchev–Trinajstić information content (AvgIpc) is 3.11. The van der Waals surface area contributed by atoms with E-state index in [0.29, 0.717) is 35.1 Å². The third-order valence-corrected chi connectivity index (χ3v) is 8.08. The maximum absolute atomic E-state index is 12.9. The number of hydrogen-bond donors (Lipinski definition) is 0. The van der Waals surface area contributed by atoms with Gasteiger partial charge in [-0.25, -0.2) is 13.4 Å². The standard InChI is InChI=1S/C22H27F2N3O3S2/c1-5-26(6-2)32(28,29)17-11-12-19-18(13-17)25-22(27(19)15(3)4)31-14-16-9-7-8-10-20(16)30-21(23)24/h7-13,15,21H,5-6,14H2,1-4H3. The predicted octanol–water partition coefficient (Wildman–Crippen LogP) is 5.54. The fraction of sp³-hybridized carbons (Fsp3) is 0.409. The summed E-state index contributed by atoms with van der Waals surface area (Å²) in [6.07, 6.45) is 0. The summed E-state index contributed by atoms with van der Waals surface area (Å²) in [7, 11) is -3.60. The monoisotopic (exact) mass is 483 g/mol.